The lowest BCUT2D eigenvalue weighted by molar-refractivity contribution is 0.507. The average Bonchev–Trinajstić information content (AvgIpc) is 2.09. The molecule has 0 aliphatic rings. The van der Waals surface area contributed by atoms with Crippen LogP contribution in [0.1, 0.15) is 25.3 Å². The lowest BCUT2D eigenvalue weighted by atomic mass is 10.0. The molecule has 0 spiro atoms. The molecule has 0 aromatic heterocycles. The number of nitrogens with two attached hydrogens (primary N) is 1. The zero-order chi connectivity index (χ0) is 11.6. The molecule has 0 unspecified atom stereocenters. The van der Waals surface area contributed by atoms with E-state index >= 15 is 0 Å². The Hall–Kier alpha value is -1.23. The zero-order valence-corrected chi connectivity index (χ0v) is 9.29. The van der Waals surface area contributed by atoms with Gasteiger partial charge in [-0.2, -0.15) is 0 Å². The summed E-state index contributed by atoms with van der Waals surface area (Å²) in [6.07, 6.45) is 0. The number of hydrogen-bond donors (Lipinski definition) is 2. The third kappa shape index (κ3) is 2.86. The molecule has 1 aromatic rings. The normalized spacial score (nSPS) is 10.5. The van der Waals surface area contributed by atoms with Gasteiger partial charge in [-0.3, -0.25) is 0 Å². The van der Waals surface area contributed by atoms with Crippen LogP contribution in [-0.4, -0.2) is 5.11 Å². The van der Waals surface area contributed by atoms with Crippen LogP contribution in [0.3, 0.4) is 0 Å². The van der Waals surface area contributed by atoms with Gasteiger partial charge in [-0.05, 0) is 29.8 Å². The van der Waals surface area contributed by atoms with Gasteiger partial charge in [0, 0.05) is 11.8 Å². The summed E-state index contributed by atoms with van der Waals surface area (Å²) in [5.74, 6) is -1.73. The van der Waals surface area contributed by atoms with Gasteiger partial charge in [0.15, 0.2) is 16.7 Å². The molecular formula is C10H12F2N2S. The summed E-state index contributed by atoms with van der Waals surface area (Å²) < 4.78 is 26.0. The summed E-state index contributed by atoms with van der Waals surface area (Å²) in [4.78, 5) is 0. The molecule has 1 aromatic carbocycles. The van der Waals surface area contributed by atoms with Gasteiger partial charge in [0.2, 0.25) is 0 Å². The highest BCUT2D eigenvalue weighted by molar-refractivity contribution is 7.80. The maximum Gasteiger partial charge on any atom is 0.168 e. The van der Waals surface area contributed by atoms with Gasteiger partial charge in [-0.15, -0.1) is 0 Å². The molecule has 0 amide bonds. The van der Waals surface area contributed by atoms with E-state index in [1.165, 1.54) is 0 Å². The second-order valence-corrected chi connectivity index (χ2v) is 3.94. The molecule has 82 valence electrons. The van der Waals surface area contributed by atoms with Crippen LogP contribution in [0.25, 0.3) is 0 Å². The second-order valence-electron chi connectivity index (χ2n) is 3.50. The fourth-order valence-corrected chi connectivity index (χ4v) is 1.39. The predicted octanol–water partition coefficient (Wildman–Crippen LogP) is 2.74. The summed E-state index contributed by atoms with van der Waals surface area (Å²) in [5.41, 5.74) is 6.34. The minimum absolute atomic E-state index is 0.0305. The molecule has 1 rings (SSSR count). The molecule has 3 N–H and O–H groups in total. The van der Waals surface area contributed by atoms with Crippen molar-refractivity contribution in [2.45, 2.75) is 19.8 Å². The van der Waals surface area contributed by atoms with E-state index in [1.54, 1.807) is 0 Å². The van der Waals surface area contributed by atoms with Crippen molar-refractivity contribution in [2.24, 2.45) is 5.73 Å². The Morgan fingerprint density at radius 2 is 1.87 bits per heavy atom. The van der Waals surface area contributed by atoms with Crippen molar-refractivity contribution >= 4 is 23.0 Å². The van der Waals surface area contributed by atoms with Crippen molar-refractivity contribution in [3.8, 4) is 0 Å². The number of anilines is 1. The first kappa shape index (κ1) is 11.8. The summed E-state index contributed by atoms with van der Waals surface area (Å²) in [7, 11) is 0. The van der Waals surface area contributed by atoms with E-state index in [0.29, 0.717) is 11.3 Å². The van der Waals surface area contributed by atoms with Crippen molar-refractivity contribution < 1.29 is 8.78 Å². The van der Waals surface area contributed by atoms with E-state index in [4.69, 9.17) is 5.73 Å². The Kier molecular flexibility index (Phi) is 3.57. The van der Waals surface area contributed by atoms with Crippen LogP contribution >= 0.6 is 12.2 Å². The van der Waals surface area contributed by atoms with Crippen LogP contribution in [0.15, 0.2) is 12.1 Å². The van der Waals surface area contributed by atoms with E-state index in [2.05, 4.69) is 17.5 Å². The molecule has 0 bridgehead atoms. The van der Waals surface area contributed by atoms with E-state index in [-0.39, 0.29) is 11.0 Å². The van der Waals surface area contributed by atoms with Gasteiger partial charge < -0.3 is 11.1 Å². The molecule has 2 nitrogen and oxygen atoms in total. The fraction of sp³-hybridized carbons (Fsp3) is 0.300. The van der Waals surface area contributed by atoms with Crippen LogP contribution in [-0.2, 0) is 0 Å². The first-order chi connectivity index (χ1) is 6.91. The second kappa shape index (κ2) is 4.53. The molecule has 0 saturated heterocycles. The van der Waals surface area contributed by atoms with Gasteiger partial charge in [0.05, 0.1) is 0 Å². The Balaban J connectivity index is 3.21. The monoisotopic (exact) mass is 230 g/mol. The summed E-state index contributed by atoms with van der Waals surface area (Å²) in [6.45, 7) is 3.74. The van der Waals surface area contributed by atoms with E-state index in [9.17, 15) is 8.78 Å². The number of hydrogen-bond acceptors (Lipinski definition) is 1. The molecule has 0 atom stereocenters. The van der Waals surface area contributed by atoms with Crippen molar-refractivity contribution in [1.82, 2.24) is 0 Å². The summed E-state index contributed by atoms with van der Waals surface area (Å²) in [6, 6.07) is 2.21. The maximum atomic E-state index is 13.0. The molecule has 0 aliphatic carbocycles. The van der Waals surface area contributed by atoms with Gasteiger partial charge >= 0.3 is 0 Å². The van der Waals surface area contributed by atoms with Crippen molar-refractivity contribution in [3.63, 3.8) is 0 Å². The maximum absolute atomic E-state index is 13.0. The van der Waals surface area contributed by atoms with Crippen LogP contribution in [0.2, 0.25) is 0 Å². The number of nitrogens with one attached hydrogen (secondary N) is 1. The number of halogens is 2. The third-order valence-corrected chi connectivity index (χ3v) is 2.07. The summed E-state index contributed by atoms with van der Waals surface area (Å²) in [5, 5.41) is 2.66. The molecule has 0 fully saturated rings. The SMILES string of the molecule is CC(C)c1cc(F)c(F)cc1NC(N)=S. The number of thiocarbonyl (C=S) groups is 1. The Morgan fingerprint density at radius 1 is 1.33 bits per heavy atom. The quantitative estimate of drug-likeness (QED) is 0.767. The van der Waals surface area contributed by atoms with E-state index in [0.717, 1.165) is 12.1 Å². The third-order valence-electron chi connectivity index (χ3n) is 1.97. The molecule has 0 radical (unpaired) electrons. The first-order valence-corrected chi connectivity index (χ1v) is 4.88. The standard InChI is InChI=1S/C10H12F2N2S/c1-5(2)6-3-7(11)8(12)4-9(6)14-10(13)15/h3-5H,1-2H3,(H3,13,14,15). The van der Waals surface area contributed by atoms with Crippen LogP contribution in [0.5, 0.6) is 0 Å². The number of rotatable bonds is 2. The Labute approximate surface area is 92.5 Å². The molecule has 0 aliphatic heterocycles. The number of benzene rings is 1. The minimum Gasteiger partial charge on any atom is -0.376 e. The minimum atomic E-state index is -0.918. The van der Waals surface area contributed by atoms with Crippen LogP contribution in [0.4, 0.5) is 14.5 Å². The highest BCUT2D eigenvalue weighted by Crippen LogP contribution is 2.26. The van der Waals surface area contributed by atoms with Crippen LogP contribution in [0, 0.1) is 11.6 Å². The summed E-state index contributed by atoms with van der Waals surface area (Å²) >= 11 is 4.65. The highest BCUT2D eigenvalue weighted by atomic mass is 32.1. The van der Waals surface area contributed by atoms with Gasteiger partial charge in [0.25, 0.3) is 0 Å². The lowest BCUT2D eigenvalue weighted by Gasteiger charge is -2.14. The van der Waals surface area contributed by atoms with Gasteiger partial charge in [-0.25, -0.2) is 8.78 Å². The largest absolute Gasteiger partial charge is 0.376 e. The topological polar surface area (TPSA) is 38.0 Å². The highest BCUT2D eigenvalue weighted by Gasteiger charge is 2.12. The van der Waals surface area contributed by atoms with E-state index < -0.39 is 11.6 Å². The molecule has 0 heterocycles. The molecule has 0 saturated carbocycles. The predicted molar refractivity (Wildman–Crippen MR) is 60.9 cm³/mol. The smallest absolute Gasteiger partial charge is 0.168 e. The van der Waals surface area contributed by atoms with Crippen LogP contribution < -0.4 is 11.1 Å². The lowest BCUT2D eigenvalue weighted by Crippen LogP contribution is -2.20. The van der Waals surface area contributed by atoms with Crippen molar-refractivity contribution in [3.05, 3.63) is 29.3 Å². The van der Waals surface area contributed by atoms with Crippen molar-refractivity contribution in [1.29, 1.82) is 0 Å². The Bertz CT molecular complexity index is 391. The first-order valence-electron chi connectivity index (χ1n) is 4.47. The van der Waals surface area contributed by atoms with Crippen molar-refractivity contribution in [2.75, 3.05) is 5.32 Å². The van der Waals surface area contributed by atoms with Gasteiger partial charge in [-0.1, -0.05) is 13.8 Å². The molecule has 15 heavy (non-hydrogen) atoms. The zero-order valence-electron chi connectivity index (χ0n) is 8.47. The van der Waals surface area contributed by atoms with E-state index in [1.807, 2.05) is 13.8 Å². The van der Waals surface area contributed by atoms with Gasteiger partial charge in [0.1, 0.15) is 0 Å². The molecular weight excluding hydrogens is 218 g/mol. The fourth-order valence-electron chi connectivity index (χ4n) is 1.28. The Morgan fingerprint density at radius 3 is 2.33 bits per heavy atom. The molecule has 5 heteroatoms. The average molecular weight is 230 g/mol.